The number of anilines is 2. The van der Waals surface area contributed by atoms with Gasteiger partial charge in [-0.15, -0.1) is 0 Å². The Kier molecular flexibility index (Phi) is 5.83. The summed E-state index contributed by atoms with van der Waals surface area (Å²) in [5.74, 6) is -2.86. The molecule has 1 N–H and O–H groups in total. The third kappa shape index (κ3) is 4.01. The van der Waals surface area contributed by atoms with E-state index in [1.807, 2.05) is 0 Å². The molecule has 3 heterocycles. The third-order valence-corrected chi connectivity index (χ3v) is 7.18. The lowest BCUT2D eigenvalue weighted by Crippen LogP contribution is -2.42. The van der Waals surface area contributed by atoms with E-state index < -0.39 is 52.2 Å². The lowest BCUT2D eigenvalue weighted by atomic mass is 9.71. The van der Waals surface area contributed by atoms with Crippen LogP contribution in [-0.2, 0) is 25.3 Å². The number of hydrogen-bond donors (Lipinski definition) is 1. The van der Waals surface area contributed by atoms with Crippen LogP contribution < -0.4 is 15.0 Å². The molecule has 0 radical (unpaired) electrons. The molecule has 3 aliphatic heterocycles. The number of nitriles is 1. The minimum absolute atomic E-state index is 0.125. The summed E-state index contributed by atoms with van der Waals surface area (Å²) in [5, 5.41) is 11.7. The van der Waals surface area contributed by atoms with Crippen molar-refractivity contribution in [3.05, 3.63) is 65.7 Å². The number of hydrogen-bond acceptors (Lipinski definition) is 6. The summed E-state index contributed by atoms with van der Waals surface area (Å²) in [6.07, 6.45) is -1.18. The number of carbonyl (C=O) groups is 3. The van der Waals surface area contributed by atoms with Crippen molar-refractivity contribution in [2.45, 2.75) is 37.6 Å². The predicted molar refractivity (Wildman–Crippen MR) is 128 cm³/mol. The second kappa shape index (κ2) is 8.70. The van der Waals surface area contributed by atoms with E-state index in [-0.39, 0.29) is 24.6 Å². The summed E-state index contributed by atoms with van der Waals surface area (Å²) >= 11 is 0. The number of alkyl halides is 3. The summed E-state index contributed by atoms with van der Waals surface area (Å²) < 4.78 is 52.7. The molecular formula is C27H22F3N3O5. The van der Waals surface area contributed by atoms with Gasteiger partial charge >= 0.3 is 6.18 Å². The van der Waals surface area contributed by atoms with Crippen molar-refractivity contribution in [2.24, 2.45) is 11.8 Å². The summed E-state index contributed by atoms with van der Waals surface area (Å²) in [6.45, 7) is 3.19. The molecule has 0 aliphatic carbocycles. The normalized spacial score (nSPS) is 27.4. The molecule has 3 amide bonds. The van der Waals surface area contributed by atoms with Gasteiger partial charge in [0.1, 0.15) is 11.4 Å². The minimum atomic E-state index is -4.84. The molecule has 4 atom stereocenters. The largest absolute Gasteiger partial charge is 0.493 e. The van der Waals surface area contributed by atoms with Crippen LogP contribution in [0.3, 0.4) is 0 Å². The number of amides is 3. The summed E-state index contributed by atoms with van der Waals surface area (Å²) in [5.41, 5.74) is -3.73. The standard InChI is InChI=1S/C27H22F3N3O5/c1-15(34)32-17-4-7-19(8-5-17)37-12-11-26-10-9-25(2,38-26)21-22(26)24(36)33(23(21)35)18-6-3-16(14-31)20(13-18)27(28,29)30/h3-10,13,21-22H,11-12H2,1-2H3,(H,32,34)/t21-,22+,25?,26?/m1/s1. The maximum Gasteiger partial charge on any atom is 0.417 e. The summed E-state index contributed by atoms with van der Waals surface area (Å²) in [4.78, 5) is 39.0. The highest BCUT2D eigenvalue weighted by molar-refractivity contribution is 6.23. The molecule has 0 saturated carbocycles. The van der Waals surface area contributed by atoms with Crippen molar-refractivity contribution >= 4 is 29.1 Å². The Hall–Kier alpha value is -4.17. The van der Waals surface area contributed by atoms with E-state index in [0.29, 0.717) is 17.5 Å². The Morgan fingerprint density at radius 3 is 2.45 bits per heavy atom. The molecular weight excluding hydrogens is 503 g/mol. The predicted octanol–water partition coefficient (Wildman–Crippen LogP) is 4.21. The number of fused-ring (bicyclic) bond motifs is 5. The molecule has 2 bridgehead atoms. The topological polar surface area (TPSA) is 109 Å². The smallest absolute Gasteiger partial charge is 0.417 e. The highest BCUT2D eigenvalue weighted by Crippen LogP contribution is 2.59. The first-order valence-corrected chi connectivity index (χ1v) is 11.8. The fraction of sp³-hybridized carbons (Fsp3) is 0.333. The first-order valence-electron chi connectivity index (χ1n) is 11.8. The molecule has 0 aromatic heterocycles. The van der Waals surface area contributed by atoms with E-state index in [1.54, 1.807) is 43.3 Å². The van der Waals surface area contributed by atoms with Crippen LogP contribution in [0.15, 0.2) is 54.6 Å². The van der Waals surface area contributed by atoms with Gasteiger partial charge in [0.05, 0.1) is 46.9 Å². The Bertz CT molecular complexity index is 1410. The highest BCUT2D eigenvalue weighted by atomic mass is 19.4. The van der Waals surface area contributed by atoms with Crippen LogP contribution in [0.25, 0.3) is 0 Å². The SMILES string of the molecule is CC(=O)Nc1ccc(OCCC23C=CC(C)(O2)[C@H]2C(=O)N(c4ccc(C#N)c(C(F)(F)F)c4)C(=O)[C@H]23)cc1. The van der Waals surface area contributed by atoms with Crippen LogP contribution in [0.1, 0.15) is 31.4 Å². The van der Waals surface area contributed by atoms with Crippen molar-refractivity contribution in [1.82, 2.24) is 0 Å². The molecule has 3 aliphatic rings. The van der Waals surface area contributed by atoms with Crippen molar-refractivity contribution < 1.29 is 37.0 Å². The maximum absolute atomic E-state index is 13.6. The summed E-state index contributed by atoms with van der Waals surface area (Å²) in [7, 11) is 0. The van der Waals surface area contributed by atoms with Gasteiger partial charge in [-0.2, -0.15) is 18.4 Å². The number of nitrogens with zero attached hydrogens (tertiary/aromatic N) is 2. The number of nitrogens with one attached hydrogen (secondary N) is 1. The Labute approximate surface area is 215 Å². The van der Waals surface area contributed by atoms with Crippen molar-refractivity contribution in [2.75, 3.05) is 16.8 Å². The Morgan fingerprint density at radius 2 is 1.82 bits per heavy atom. The van der Waals surface area contributed by atoms with Crippen molar-refractivity contribution in [3.8, 4) is 11.8 Å². The second-order valence-electron chi connectivity index (χ2n) is 9.68. The van der Waals surface area contributed by atoms with Crippen molar-refractivity contribution in [1.29, 1.82) is 5.26 Å². The molecule has 2 aromatic rings. The van der Waals surface area contributed by atoms with Gasteiger partial charge in [0.25, 0.3) is 0 Å². The second-order valence-corrected chi connectivity index (χ2v) is 9.68. The van der Waals surface area contributed by atoms with Crippen molar-refractivity contribution in [3.63, 3.8) is 0 Å². The first-order chi connectivity index (χ1) is 17.9. The fourth-order valence-corrected chi connectivity index (χ4v) is 5.57. The van der Waals surface area contributed by atoms with Crippen LogP contribution in [0.4, 0.5) is 24.5 Å². The summed E-state index contributed by atoms with van der Waals surface area (Å²) in [6, 6.07) is 11.0. The average molecular weight is 525 g/mol. The number of imide groups is 1. The van der Waals surface area contributed by atoms with Gasteiger partial charge < -0.3 is 14.8 Å². The van der Waals surface area contributed by atoms with Crippen LogP contribution >= 0.6 is 0 Å². The first kappa shape index (κ1) is 25.5. The highest BCUT2D eigenvalue weighted by Gasteiger charge is 2.72. The minimum Gasteiger partial charge on any atom is -0.493 e. The van der Waals surface area contributed by atoms with Gasteiger partial charge in [0, 0.05) is 19.0 Å². The number of benzene rings is 2. The van der Waals surface area contributed by atoms with Crippen LogP contribution in [-0.4, -0.2) is 35.5 Å². The number of rotatable bonds is 6. The molecule has 5 rings (SSSR count). The third-order valence-electron chi connectivity index (χ3n) is 7.18. The van der Waals surface area contributed by atoms with Gasteiger partial charge in [-0.1, -0.05) is 12.2 Å². The molecule has 2 aromatic carbocycles. The van der Waals surface area contributed by atoms with E-state index >= 15 is 0 Å². The average Bonchev–Trinajstić information content (AvgIpc) is 3.43. The zero-order valence-corrected chi connectivity index (χ0v) is 20.3. The van der Waals surface area contributed by atoms with Gasteiger partial charge in [-0.25, -0.2) is 4.90 Å². The van der Waals surface area contributed by atoms with Crippen LogP contribution in [0.5, 0.6) is 5.75 Å². The van der Waals surface area contributed by atoms with Crippen LogP contribution in [0.2, 0.25) is 0 Å². The van der Waals surface area contributed by atoms with Crippen LogP contribution in [0, 0.1) is 23.2 Å². The molecule has 2 saturated heterocycles. The van der Waals surface area contributed by atoms with Gasteiger partial charge in [-0.05, 0) is 49.4 Å². The quantitative estimate of drug-likeness (QED) is 0.447. The monoisotopic (exact) mass is 525 g/mol. The Balaban J connectivity index is 1.38. The number of carbonyl (C=O) groups excluding carboxylic acids is 3. The van der Waals surface area contributed by atoms with Gasteiger partial charge in [0.2, 0.25) is 17.7 Å². The Morgan fingerprint density at radius 1 is 1.13 bits per heavy atom. The number of halogens is 3. The molecule has 2 fully saturated rings. The lowest BCUT2D eigenvalue weighted by molar-refractivity contribution is -0.138. The van der Waals surface area contributed by atoms with E-state index in [4.69, 9.17) is 14.7 Å². The fourth-order valence-electron chi connectivity index (χ4n) is 5.57. The molecule has 196 valence electrons. The molecule has 8 nitrogen and oxygen atoms in total. The van der Waals surface area contributed by atoms with E-state index in [1.165, 1.54) is 19.1 Å². The molecule has 2 unspecified atom stereocenters. The molecule has 11 heteroatoms. The van der Waals surface area contributed by atoms with E-state index in [2.05, 4.69) is 5.32 Å². The zero-order valence-electron chi connectivity index (χ0n) is 20.3. The lowest BCUT2D eigenvalue weighted by Gasteiger charge is -2.29. The molecule has 0 spiro atoms. The maximum atomic E-state index is 13.6. The zero-order chi connectivity index (χ0) is 27.5. The van der Waals surface area contributed by atoms with E-state index in [9.17, 15) is 27.6 Å². The van der Waals surface area contributed by atoms with Gasteiger partial charge in [0.15, 0.2) is 0 Å². The number of ether oxygens (including phenoxy) is 2. The van der Waals surface area contributed by atoms with Gasteiger partial charge in [-0.3, -0.25) is 14.4 Å². The van der Waals surface area contributed by atoms with E-state index in [0.717, 1.165) is 11.0 Å². The molecule has 38 heavy (non-hydrogen) atoms.